The standard InChI is InChI=1S/C21H26N2O3S/c24-19-9-7-18(8-10-19)17-22-15-12-21(13-16-22)11-4-14-23(21)27(25,26)20-5-2-1-3-6-20/h1-3,5-10,24H,4,11-17H2. The Labute approximate surface area is 161 Å². The van der Waals surface area contributed by atoms with Crippen molar-refractivity contribution in [3.8, 4) is 5.75 Å². The molecule has 0 saturated carbocycles. The molecule has 0 bridgehead atoms. The van der Waals surface area contributed by atoms with Gasteiger partial charge >= 0.3 is 0 Å². The minimum absolute atomic E-state index is 0.236. The van der Waals surface area contributed by atoms with Crippen LogP contribution in [0.25, 0.3) is 0 Å². The van der Waals surface area contributed by atoms with Crippen molar-refractivity contribution in [3.63, 3.8) is 0 Å². The fourth-order valence-electron chi connectivity index (χ4n) is 4.49. The molecule has 1 spiro atoms. The summed E-state index contributed by atoms with van der Waals surface area (Å²) in [5.41, 5.74) is 0.934. The van der Waals surface area contributed by atoms with Gasteiger partial charge in [-0.15, -0.1) is 0 Å². The van der Waals surface area contributed by atoms with E-state index in [0.29, 0.717) is 11.4 Å². The molecule has 2 fully saturated rings. The summed E-state index contributed by atoms with van der Waals surface area (Å²) in [6.07, 6.45) is 3.63. The van der Waals surface area contributed by atoms with E-state index in [1.165, 1.54) is 5.56 Å². The highest BCUT2D eigenvalue weighted by atomic mass is 32.2. The normalized spacial score (nSPS) is 20.9. The van der Waals surface area contributed by atoms with Gasteiger partial charge in [-0.05, 0) is 55.5 Å². The third-order valence-corrected chi connectivity index (χ3v) is 8.01. The van der Waals surface area contributed by atoms with Gasteiger partial charge in [0.25, 0.3) is 0 Å². The molecule has 0 unspecified atom stereocenters. The number of benzene rings is 2. The minimum atomic E-state index is -3.44. The second-order valence-electron chi connectivity index (χ2n) is 7.66. The van der Waals surface area contributed by atoms with Crippen molar-refractivity contribution in [1.82, 2.24) is 9.21 Å². The van der Waals surface area contributed by atoms with Crippen LogP contribution in [0, 0.1) is 0 Å². The number of phenolic OH excluding ortho intramolecular Hbond substituents is 1. The molecular weight excluding hydrogens is 360 g/mol. The molecule has 5 nitrogen and oxygen atoms in total. The number of hydrogen-bond acceptors (Lipinski definition) is 4. The van der Waals surface area contributed by atoms with Crippen molar-refractivity contribution in [3.05, 3.63) is 60.2 Å². The second kappa shape index (κ2) is 7.26. The van der Waals surface area contributed by atoms with Crippen LogP contribution >= 0.6 is 0 Å². The number of rotatable bonds is 4. The van der Waals surface area contributed by atoms with E-state index in [1.54, 1.807) is 40.7 Å². The molecule has 2 aliphatic heterocycles. The van der Waals surface area contributed by atoms with Gasteiger partial charge in [0, 0.05) is 31.7 Å². The Hall–Kier alpha value is -1.89. The predicted octanol–water partition coefficient (Wildman–Crippen LogP) is 3.21. The topological polar surface area (TPSA) is 60.9 Å². The van der Waals surface area contributed by atoms with E-state index in [4.69, 9.17) is 0 Å². The highest BCUT2D eigenvalue weighted by molar-refractivity contribution is 7.89. The number of phenols is 1. The second-order valence-corrected chi connectivity index (χ2v) is 9.52. The lowest BCUT2D eigenvalue weighted by Gasteiger charge is -2.44. The molecular formula is C21H26N2O3S. The molecule has 27 heavy (non-hydrogen) atoms. The zero-order valence-electron chi connectivity index (χ0n) is 15.4. The molecule has 144 valence electrons. The van der Waals surface area contributed by atoms with E-state index in [1.807, 2.05) is 18.2 Å². The largest absolute Gasteiger partial charge is 0.508 e. The van der Waals surface area contributed by atoms with Crippen LogP contribution in [0.1, 0.15) is 31.2 Å². The highest BCUT2D eigenvalue weighted by Gasteiger charge is 2.48. The number of piperidine rings is 1. The lowest BCUT2D eigenvalue weighted by molar-refractivity contribution is 0.0980. The molecule has 0 amide bonds. The van der Waals surface area contributed by atoms with Gasteiger partial charge < -0.3 is 5.11 Å². The molecule has 2 heterocycles. The Morgan fingerprint density at radius 3 is 2.22 bits per heavy atom. The van der Waals surface area contributed by atoms with Crippen molar-refractivity contribution in [1.29, 1.82) is 0 Å². The molecule has 0 radical (unpaired) electrons. The third kappa shape index (κ3) is 3.61. The van der Waals surface area contributed by atoms with Crippen molar-refractivity contribution >= 4 is 10.0 Å². The van der Waals surface area contributed by atoms with E-state index in [9.17, 15) is 13.5 Å². The Morgan fingerprint density at radius 1 is 0.889 bits per heavy atom. The van der Waals surface area contributed by atoms with E-state index in [0.717, 1.165) is 45.3 Å². The van der Waals surface area contributed by atoms with Crippen LogP contribution in [0.2, 0.25) is 0 Å². The van der Waals surface area contributed by atoms with Crippen molar-refractivity contribution < 1.29 is 13.5 Å². The first-order valence-electron chi connectivity index (χ1n) is 9.58. The van der Waals surface area contributed by atoms with Gasteiger partial charge in [-0.3, -0.25) is 4.90 Å². The summed E-state index contributed by atoms with van der Waals surface area (Å²) in [7, 11) is -3.44. The molecule has 2 aliphatic rings. The highest BCUT2D eigenvalue weighted by Crippen LogP contribution is 2.42. The van der Waals surface area contributed by atoms with Gasteiger partial charge in [-0.2, -0.15) is 4.31 Å². The first-order chi connectivity index (χ1) is 13.0. The zero-order valence-corrected chi connectivity index (χ0v) is 16.2. The van der Waals surface area contributed by atoms with E-state index in [2.05, 4.69) is 4.90 Å². The first-order valence-corrected chi connectivity index (χ1v) is 11.0. The van der Waals surface area contributed by atoms with Gasteiger partial charge in [0.05, 0.1) is 4.90 Å². The smallest absolute Gasteiger partial charge is 0.243 e. The summed E-state index contributed by atoms with van der Waals surface area (Å²) in [5.74, 6) is 0.282. The number of likely N-dealkylation sites (tertiary alicyclic amines) is 1. The van der Waals surface area contributed by atoms with Crippen molar-refractivity contribution in [2.75, 3.05) is 19.6 Å². The van der Waals surface area contributed by atoms with E-state index < -0.39 is 10.0 Å². The molecule has 2 saturated heterocycles. The Balaban J connectivity index is 1.47. The van der Waals surface area contributed by atoms with Crippen molar-refractivity contribution in [2.24, 2.45) is 0 Å². The van der Waals surface area contributed by atoms with Crippen LogP contribution in [-0.4, -0.2) is 47.9 Å². The summed E-state index contributed by atoms with van der Waals surface area (Å²) < 4.78 is 28.2. The molecule has 0 aliphatic carbocycles. The van der Waals surface area contributed by atoms with E-state index in [-0.39, 0.29) is 11.3 Å². The van der Waals surface area contributed by atoms with E-state index >= 15 is 0 Å². The lowest BCUT2D eigenvalue weighted by Crippen LogP contribution is -2.53. The number of hydrogen-bond donors (Lipinski definition) is 1. The fourth-order valence-corrected chi connectivity index (χ4v) is 6.40. The zero-order chi connectivity index (χ0) is 18.9. The van der Waals surface area contributed by atoms with Gasteiger partial charge in [0.15, 0.2) is 0 Å². The Bertz CT molecular complexity index is 873. The maximum Gasteiger partial charge on any atom is 0.243 e. The van der Waals surface area contributed by atoms with Gasteiger partial charge in [0.2, 0.25) is 10.0 Å². The van der Waals surface area contributed by atoms with Crippen molar-refractivity contribution in [2.45, 2.75) is 42.7 Å². The number of aromatic hydroxyl groups is 1. The van der Waals surface area contributed by atoms with Gasteiger partial charge in [-0.25, -0.2) is 8.42 Å². The maximum absolute atomic E-state index is 13.2. The van der Waals surface area contributed by atoms with Crippen LogP contribution in [0.5, 0.6) is 5.75 Å². The lowest BCUT2D eigenvalue weighted by atomic mass is 9.86. The number of nitrogens with zero attached hydrogens (tertiary/aromatic N) is 2. The monoisotopic (exact) mass is 386 g/mol. The number of sulfonamides is 1. The summed E-state index contributed by atoms with van der Waals surface area (Å²) in [4.78, 5) is 2.78. The molecule has 6 heteroatoms. The van der Waals surface area contributed by atoms with Crippen LogP contribution in [0.3, 0.4) is 0 Å². The van der Waals surface area contributed by atoms with Gasteiger partial charge in [-0.1, -0.05) is 30.3 Å². The quantitative estimate of drug-likeness (QED) is 0.877. The average Bonchev–Trinajstić information content (AvgIpc) is 3.10. The van der Waals surface area contributed by atoms with Crippen LogP contribution in [0.15, 0.2) is 59.5 Å². The first kappa shape index (κ1) is 18.5. The summed E-state index contributed by atoms with van der Waals surface area (Å²) in [6.45, 7) is 3.24. The van der Waals surface area contributed by atoms with Crippen LogP contribution < -0.4 is 0 Å². The SMILES string of the molecule is O=S(=O)(c1ccccc1)N1CCCC12CCN(Cc1ccc(O)cc1)CC2. The predicted molar refractivity (Wildman–Crippen MR) is 105 cm³/mol. The summed E-state index contributed by atoms with van der Waals surface area (Å²) >= 11 is 0. The molecule has 0 atom stereocenters. The third-order valence-electron chi connectivity index (χ3n) is 5.99. The maximum atomic E-state index is 13.2. The molecule has 4 rings (SSSR count). The van der Waals surface area contributed by atoms with Crippen LogP contribution in [0.4, 0.5) is 0 Å². The molecule has 0 aromatic heterocycles. The Morgan fingerprint density at radius 2 is 1.56 bits per heavy atom. The van der Waals surface area contributed by atoms with Gasteiger partial charge in [0.1, 0.15) is 5.75 Å². The minimum Gasteiger partial charge on any atom is -0.508 e. The molecule has 1 N–H and O–H groups in total. The Kier molecular flexibility index (Phi) is 4.97. The van der Waals surface area contributed by atoms with Crippen LogP contribution in [-0.2, 0) is 16.6 Å². The summed E-state index contributed by atoms with van der Waals surface area (Å²) in [5, 5.41) is 9.43. The average molecular weight is 387 g/mol. The molecule has 2 aromatic rings. The fraction of sp³-hybridized carbons (Fsp3) is 0.429. The summed E-state index contributed by atoms with van der Waals surface area (Å²) in [6, 6.07) is 16.1. The molecule has 2 aromatic carbocycles.